The summed E-state index contributed by atoms with van der Waals surface area (Å²) in [5.41, 5.74) is 0. The first-order valence-corrected chi connectivity index (χ1v) is 6.07. The Bertz CT molecular complexity index is 202. The van der Waals surface area contributed by atoms with Crippen molar-refractivity contribution in [2.75, 3.05) is 33.2 Å². The molecule has 1 aliphatic rings. The molecule has 15 heavy (non-hydrogen) atoms. The highest BCUT2D eigenvalue weighted by Crippen LogP contribution is 2.26. The highest BCUT2D eigenvalue weighted by atomic mass is 16.2. The third-order valence-electron chi connectivity index (χ3n) is 3.37. The van der Waals surface area contributed by atoms with Gasteiger partial charge in [-0.2, -0.15) is 0 Å². The summed E-state index contributed by atoms with van der Waals surface area (Å²) in [6.07, 6.45) is 4.20. The number of carbonyl (C=O) groups excluding carboxylic acids is 1. The first-order valence-electron chi connectivity index (χ1n) is 6.07. The van der Waals surface area contributed by atoms with E-state index in [1.165, 1.54) is 25.8 Å². The van der Waals surface area contributed by atoms with Crippen molar-refractivity contribution in [3.8, 4) is 0 Å². The van der Waals surface area contributed by atoms with Crippen LogP contribution in [0.2, 0.25) is 0 Å². The number of amides is 1. The molecule has 1 saturated carbocycles. The van der Waals surface area contributed by atoms with E-state index in [0.29, 0.717) is 0 Å². The zero-order valence-corrected chi connectivity index (χ0v) is 10.3. The molecule has 0 N–H and O–H groups in total. The third-order valence-corrected chi connectivity index (χ3v) is 3.37. The van der Waals surface area contributed by atoms with E-state index in [-0.39, 0.29) is 5.91 Å². The molecule has 0 saturated heterocycles. The van der Waals surface area contributed by atoms with Crippen molar-refractivity contribution < 1.29 is 4.79 Å². The summed E-state index contributed by atoms with van der Waals surface area (Å²) in [5.74, 6) is 1.11. The van der Waals surface area contributed by atoms with Crippen LogP contribution in [0.4, 0.5) is 0 Å². The van der Waals surface area contributed by atoms with Gasteiger partial charge in [0.15, 0.2) is 0 Å². The molecule has 0 atom stereocenters. The summed E-state index contributed by atoms with van der Waals surface area (Å²) < 4.78 is 0. The molecule has 1 amide bonds. The molecule has 0 radical (unpaired) electrons. The summed E-state index contributed by atoms with van der Waals surface area (Å²) in [5, 5.41) is 0. The minimum atomic E-state index is 0.189. The topological polar surface area (TPSA) is 23.6 Å². The minimum absolute atomic E-state index is 0.189. The number of hydrogen-bond donors (Lipinski definition) is 0. The summed E-state index contributed by atoms with van der Waals surface area (Å²) in [6, 6.07) is 0. The second kappa shape index (κ2) is 6.11. The molecule has 0 aromatic carbocycles. The molecule has 0 unspecified atom stereocenters. The average Bonchev–Trinajstić information content (AvgIpc) is 2.12. The van der Waals surface area contributed by atoms with Gasteiger partial charge in [0.05, 0.1) is 0 Å². The molecule has 0 aliphatic heterocycles. The van der Waals surface area contributed by atoms with E-state index in [0.717, 1.165) is 25.6 Å². The van der Waals surface area contributed by atoms with Crippen LogP contribution < -0.4 is 0 Å². The standard InChI is InChI=1S/C12H24N2O/c1-4-14(11(2)15)9-8-13(3)10-12-6-5-7-12/h12H,4-10H2,1-3H3. The van der Waals surface area contributed by atoms with Gasteiger partial charge in [0.2, 0.25) is 5.91 Å². The van der Waals surface area contributed by atoms with E-state index in [9.17, 15) is 4.79 Å². The van der Waals surface area contributed by atoms with Crippen molar-refractivity contribution in [2.45, 2.75) is 33.1 Å². The number of rotatable bonds is 6. The Labute approximate surface area is 93.4 Å². The quantitative estimate of drug-likeness (QED) is 0.667. The Kier molecular flexibility index (Phi) is 5.09. The van der Waals surface area contributed by atoms with Gasteiger partial charge in [-0.1, -0.05) is 6.42 Å². The Morgan fingerprint density at radius 2 is 2.00 bits per heavy atom. The van der Waals surface area contributed by atoms with Gasteiger partial charge in [0.25, 0.3) is 0 Å². The van der Waals surface area contributed by atoms with Gasteiger partial charge in [0, 0.05) is 33.1 Å². The van der Waals surface area contributed by atoms with Gasteiger partial charge in [-0.05, 0) is 32.7 Å². The van der Waals surface area contributed by atoms with Gasteiger partial charge < -0.3 is 9.80 Å². The van der Waals surface area contributed by atoms with Crippen LogP contribution >= 0.6 is 0 Å². The maximum atomic E-state index is 11.2. The van der Waals surface area contributed by atoms with Crippen molar-refractivity contribution in [1.29, 1.82) is 0 Å². The zero-order valence-electron chi connectivity index (χ0n) is 10.3. The van der Waals surface area contributed by atoms with E-state index in [1.54, 1.807) is 6.92 Å². The van der Waals surface area contributed by atoms with Crippen molar-refractivity contribution in [3.05, 3.63) is 0 Å². The van der Waals surface area contributed by atoms with Gasteiger partial charge in [-0.25, -0.2) is 0 Å². The Morgan fingerprint density at radius 3 is 2.40 bits per heavy atom. The lowest BCUT2D eigenvalue weighted by atomic mass is 9.85. The summed E-state index contributed by atoms with van der Waals surface area (Å²) in [4.78, 5) is 15.4. The van der Waals surface area contributed by atoms with E-state index >= 15 is 0 Å². The molecule has 0 heterocycles. The highest BCUT2D eigenvalue weighted by Gasteiger charge is 2.19. The molecule has 0 aromatic heterocycles. The molecule has 1 fully saturated rings. The lowest BCUT2D eigenvalue weighted by Gasteiger charge is -2.31. The molecule has 0 aromatic rings. The third kappa shape index (κ3) is 4.20. The first kappa shape index (κ1) is 12.5. The predicted octanol–water partition coefficient (Wildman–Crippen LogP) is 1.59. The number of carbonyl (C=O) groups is 1. The monoisotopic (exact) mass is 212 g/mol. The van der Waals surface area contributed by atoms with Crippen LogP contribution in [0.5, 0.6) is 0 Å². The molecular weight excluding hydrogens is 188 g/mol. The Morgan fingerprint density at radius 1 is 1.33 bits per heavy atom. The Hall–Kier alpha value is -0.570. The minimum Gasteiger partial charge on any atom is -0.342 e. The van der Waals surface area contributed by atoms with Crippen molar-refractivity contribution in [3.63, 3.8) is 0 Å². The Balaban J connectivity index is 2.13. The van der Waals surface area contributed by atoms with Crippen LogP contribution in [0.1, 0.15) is 33.1 Å². The normalized spacial score (nSPS) is 16.5. The lowest BCUT2D eigenvalue weighted by Crippen LogP contribution is -2.38. The molecular formula is C12H24N2O. The smallest absolute Gasteiger partial charge is 0.219 e. The second-order valence-electron chi connectivity index (χ2n) is 4.66. The van der Waals surface area contributed by atoms with Crippen LogP contribution in [0.25, 0.3) is 0 Å². The summed E-state index contributed by atoms with van der Waals surface area (Å²) in [6.45, 7) is 7.59. The maximum absolute atomic E-state index is 11.2. The first-order chi connectivity index (χ1) is 7.13. The fourth-order valence-corrected chi connectivity index (χ4v) is 2.04. The molecule has 1 rings (SSSR count). The maximum Gasteiger partial charge on any atom is 0.219 e. The second-order valence-corrected chi connectivity index (χ2v) is 4.66. The molecule has 88 valence electrons. The average molecular weight is 212 g/mol. The largest absolute Gasteiger partial charge is 0.342 e. The summed E-state index contributed by atoms with van der Waals surface area (Å²) in [7, 11) is 2.16. The van der Waals surface area contributed by atoms with Crippen molar-refractivity contribution >= 4 is 5.91 Å². The van der Waals surface area contributed by atoms with Gasteiger partial charge >= 0.3 is 0 Å². The van der Waals surface area contributed by atoms with Gasteiger partial charge in [-0.3, -0.25) is 4.79 Å². The summed E-state index contributed by atoms with van der Waals surface area (Å²) >= 11 is 0. The molecule has 3 heteroatoms. The van der Waals surface area contributed by atoms with Gasteiger partial charge in [-0.15, -0.1) is 0 Å². The van der Waals surface area contributed by atoms with E-state index in [2.05, 4.69) is 11.9 Å². The predicted molar refractivity (Wildman–Crippen MR) is 62.8 cm³/mol. The van der Waals surface area contributed by atoms with Crippen molar-refractivity contribution in [1.82, 2.24) is 9.80 Å². The van der Waals surface area contributed by atoms with Crippen LogP contribution in [-0.4, -0.2) is 48.9 Å². The highest BCUT2D eigenvalue weighted by molar-refractivity contribution is 5.73. The number of nitrogens with zero attached hydrogens (tertiary/aromatic N) is 2. The van der Waals surface area contributed by atoms with Crippen molar-refractivity contribution in [2.24, 2.45) is 5.92 Å². The fourth-order valence-electron chi connectivity index (χ4n) is 2.04. The van der Waals surface area contributed by atoms with Crippen LogP contribution in [0.3, 0.4) is 0 Å². The number of likely N-dealkylation sites (N-methyl/N-ethyl adjacent to an activating group) is 2. The fraction of sp³-hybridized carbons (Fsp3) is 0.917. The molecule has 0 spiro atoms. The molecule has 1 aliphatic carbocycles. The molecule has 0 bridgehead atoms. The van der Waals surface area contributed by atoms with E-state index in [1.807, 2.05) is 11.8 Å². The zero-order chi connectivity index (χ0) is 11.3. The molecule has 3 nitrogen and oxygen atoms in total. The van der Waals surface area contributed by atoms with Crippen LogP contribution in [0.15, 0.2) is 0 Å². The lowest BCUT2D eigenvalue weighted by molar-refractivity contribution is -0.128. The van der Waals surface area contributed by atoms with Crippen LogP contribution in [-0.2, 0) is 4.79 Å². The van der Waals surface area contributed by atoms with E-state index < -0.39 is 0 Å². The van der Waals surface area contributed by atoms with Crippen LogP contribution in [0, 0.1) is 5.92 Å². The van der Waals surface area contributed by atoms with E-state index in [4.69, 9.17) is 0 Å². The van der Waals surface area contributed by atoms with Gasteiger partial charge in [0.1, 0.15) is 0 Å². The number of hydrogen-bond acceptors (Lipinski definition) is 2. The SMILES string of the molecule is CCN(CCN(C)CC1CCC1)C(C)=O.